The van der Waals surface area contributed by atoms with Crippen molar-refractivity contribution in [3.05, 3.63) is 34.9 Å². The number of amides is 1. The van der Waals surface area contributed by atoms with E-state index < -0.39 is 0 Å². The molecule has 1 aliphatic rings. The van der Waals surface area contributed by atoms with Crippen molar-refractivity contribution in [1.82, 2.24) is 10.2 Å². The molecule has 0 bridgehead atoms. The first-order valence-corrected chi connectivity index (χ1v) is 9.23. The van der Waals surface area contributed by atoms with Crippen molar-refractivity contribution in [2.75, 3.05) is 26.2 Å². The molecule has 1 amide bonds. The van der Waals surface area contributed by atoms with E-state index in [1.807, 2.05) is 32.0 Å². The highest BCUT2D eigenvalue weighted by molar-refractivity contribution is 5.99. The van der Waals surface area contributed by atoms with Crippen LogP contribution < -0.4 is 5.32 Å². The van der Waals surface area contributed by atoms with Crippen LogP contribution >= 0.6 is 0 Å². The van der Waals surface area contributed by atoms with Gasteiger partial charge in [0.25, 0.3) is 0 Å². The van der Waals surface area contributed by atoms with Gasteiger partial charge in [0.2, 0.25) is 5.91 Å². The number of hydrogen-bond acceptors (Lipinski definition) is 4. The van der Waals surface area contributed by atoms with Crippen molar-refractivity contribution in [3.8, 4) is 0 Å². The van der Waals surface area contributed by atoms with Gasteiger partial charge in [-0.25, -0.2) is 0 Å². The molecular formula is C20H30N2O3. The molecule has 1 aromatic carbocycles. The summed E-state index contributed by atoms with van der Waals surface area (Å²) in [7, 11) is 0. The summed E-state index contributed by atoms with van der Waals surface area (Å²) < 4.78 is 0. The lowest BCUT2D eigenvalue weighted by Gasteiger charge is -2.29. The van der Waals surface area contributed by atoms with Crippen LogP contribution in [0, 0.1) is 13.8 Å². The number of piperidine rings is 1. The van der Waals surface area contributed by atoms with Crippen molar-refractivity contribution in [1.29, 1.82) is 0 Å². The molecular weight excluding hydrogens is 316 g/mol. The van der Waals surface area contributed by atoms with Gasteiger partial charge in [0.15, 0.2) is 5.78 Å². The van der Waals surface area contributed by atoms with Crippen molar-refractivity contribution >= 4 is 11.7 Å². The van der Waals surface area contributed by atoms with Crippen LogP contribution in [0.4, 0.5) is 0 Å². The second kappa shape index (κ2) is 9.68. The first-order valence-electron chi connectivity index (χ1n) is 9.23. The summed E-state index contributed by atoms with van der Waals surface area (Å²) in [4.78, 5) is 26.5. The van der Waals surface area contributed by atoms with Crippen LogP contribution in [0.3, 0.4) is 0 Å². The average molecular weight is 346 g/mol. The molecule has 0 aromatic heterocycles. The SMILES string of the molecule is Cc1ccc(C)c(C(=O)CCC(=O)NCCCN2CCC(O)CC2)c1. The zero-order valence-electron chi connectivity index (χ0n) is 15.4. The Labute approximate surface area is 150 Å². The van der Waals surface area contributed by atoms with E-state index in [2.05, 4.69) is 10.2 Å². The normalized spacial score (nSPS) is 16.0. The molecule has 138 valence electrons. The Morgan fingerprint density at radius 2 is 1.92 bits per heavy atom. The van der Waals surface area contributed by atoms with E-state index in [-0.39, 0.29) is 30.6 Å². The fourth-order valence-corrected chi connectivity index (χ4v) is 3.16. The van der Waals surface area contributed by atoms with Gasteiger partial charge in [0.1, 0.15) is 0 Å². The Kier molecular flexibility index (Phi) is 7.59. The molecule has 1 saturated heterocycles. The molecule has 2 rings (SSSR count). The Bertz CT molecular complexity index is 593. The van der Waals surface area contributed by atoms with E-state index in [0.717, 1.165) is 55.6 Å². The number of likely N-dealkylation sites (tertiary alicyclic amines) is 1. The van der Waals surface area contributed by atoms with Crippen molar-refractivity contribution in [2.24, 2.45) is 0 Å². The predicted octanol–water partition coefficient (Wildman–Crippen LogP) is 2.23. The highest BCUT2D eigenvalue weighted by Crippen LogP contribution is 2.14. The molecule has 0 spiro atoms. The van der Waals surface area contributed by atoms with Gasteiger partial charge in [-0.3, -0.25) is 9.59 Å². The van der Waals surface area contributed by atoms with Gasteiger partial charge in [-0.15, -0.1) is 0 Å². The summed E-state index contributed by atoms with van der Waals surface area (Å²) in [6, 6.07) is 5.83. The fraction of sp³-hybridized carbons (Fsp3) is 0.600. The summed E-state index contributed by atoms with van der Waals surface area (Å²) in [6.45, 7) is 7.32. The maximum atomic E-state index is 12.3. The average Bonchev–Trinajstić information content (AvgIpc) is 2.60. The van der Waals surface area contributed by atoms with Crippen molar-refractivity contribution < 1.29 is 14.7 Å². The van der Waals surface area contributed by atoms with Gasteiger partial charge in [-0.2, -0.15) is 0 Å². The number of ketones is 1. The summed E-state index contributed by atoms with van der Waals surface area (Å²) in [5.74, 6) is -0.0315. The Balaban J connectivity index is 1.62. The molecule has 0 aliphatic carbocycles. The number of nitrogens with one attached hydrogen (secondary N) is 1. The van der Waals surface area contributed by atoms with E-state index >= 15 is 0 Å². The number of rotatable bonds is 8. The lowest BCUT2D eigenvalue weighted by atomic mass is 9.99. The number of aliphatic hydroxyl groups excluding tert-OH is 1. The maximum absolute atomic E-state index is 12.3. The van der Waals surface area contributed by atoms with Crippen LogP contribution in [0.2, 0.25) is 0 Å². The van der Waals surface area contributed by atoms with Crippen LogP contribution in [-0.4, -0.2) is 54.0 Å². The molecule has 1 aromatic rings. The molecule has 0 atom stereocenters. The van der Waals surface area contributed by atoms with E-state index in [0.29, 0.717) is 6.54 Å². The van der Waals surface area contributed by atoms with Crippen molar-refractivity contribution in [3.63, 3.8) is 0 Å². The van der Waals surface area contributed by atoms with Crippen LogP contribution in [0.15, 0.2) is 18.2 Å². The standard InChI is InChI=1S/C20H30N2O3/c1-15-4-5-16(2)18(14-15)19(24)6-7-20(25)21-10-3-11-22-12-8-17(23)9-13-22/h4-5,14,17,23H,3,6-13H2,1-2H3,(H,21,25). The highest BCUT2D eigenvalue weighted by atomic mass is 16.3. The van der Waals surface area contributed by atoms with E-state index in [9.17, 15) is 14.7 Å². The number of hydrogen-bond donors (Lipinski definition) is 2. The third-order valence-corrected chi connectivity index (χ3v) is 4.80. The van der Waals surface area contributed by atoms with Gasteiger partial charge < -0.3 is 15.3 Å². The molecule has 0 radical (unpaired) electrons. The second-order valence-corrected chi connectivity index (χ2v) is 7.02. The number of carbonyl (C=O) groups excluding carboxylic acids is 2. The minimum Gasteiger partial charge on any atom is -0.393 e. The lowest BCUT2D eigenvalue weighted by molar-refractivity contribution is -0.121. The minimum atomic E-state index is -0.148. The molecule has 2 N–H and O–H groups in total. The molecule has 1 fully saturated rings. The van der Waals surface area contributed by atoms with Gasteiger partial charge in [-0.05, 0) is 51.3 Å². The number of Topliss-reactive ketones (excluding diaryl/α,β-unsaturated/α-hetero) is 1. The first kappa shape index (κ1) is 19.6. The van der Waals surface area contributed by atoms with Crippen LogP contribution in [0.1, 0.15) is 53.6 Å². The molecule has 5 heteroatoms. The molecule has 5 nitrogen and oxygen atoms in total. The Morgan fingerprint density at radius 1 is 1.20 bits per heavy atom. The van der Waals surface area contributed by atoms with Gasteiger partial charge in [-0.1, -0.05) is 17.7 Å². The topological polar surface area (TPSA) is 69.6 Å². The molecule has 25 heavy (non-hydrogen) atoms. The molecule has 0 unspecified atom stereocenters. The van der Waals surface area contributed by atoms with E-state index in [1.165, 1.54) is 0 Å². The van der Waals surface area contributed by atoms with Gasteiger partial charge in [0, 0.05) is 38.0 Å². The fourth-order valence-electron chi connectivity index (χ4n) is 3.16. The van der Waals surface area contributed by atoms with E-state index in [1.54, 1.807) is 0 Å². The van der Waals surface area contributed by atoms with Crippen LogP contribution in [-0.2, 0) is 4.79 Å². The second-order valence-electron chi connectivity index (χ2n) is 7.02. The quantitative estimate of drug-likeness (QED) is 0.559. The minimum absolute atomic E-state index is 0.0308. The summed E-state index contributed by atoms with van der Waals surface area (Å²) in [6.07, 6.45) is 2.92. The molecule has 1 aliphatic heterocycles. The van der Waals surface area contributed by atoms with E-state index in [4.69, 9.17) is 0 Å². The summed E-state index contributed by atoms with van der Waals surface area (Å²) in [5.41, 5.74) is 2.74. The third kappa shape index (κ3) is 6.59. The smallest absolute Gasteiger partial charge is 0.220 e. The van der Waals surface area contributed by atoms with Gasteiger partial charge >= 0.3 is 0 Å². The van der Waals surface area contributed by atoms with Crippen molar-refractivity contribution in [2.45, 2.75) is 52.1 Å². The zero-order valence-corrected chi connectivity index (χ0v) is 15.4. The Morgan fingerprint density at radius 3 is 2.64 bits per heavy atom. The zero-order chi connectivity index (χ0) is 18.2. The van der Waals surface area contributed by atoms with Crippen LogP contribution in [0.5, 0.6) is 0 Å². The summed E-state index contributed by atoms with van der Waals surface area (Å²) in [5, 5.41) is 12.4. The molecule has 1 heterocycles. The Hall–Kier alpha value is -1.72. The number of carbonyl (C=O) groups is 2. The number of benzene rings is 1. The number of nitrogens with zero attached hydrogens (tertiary/aromatic N) is 1. The molecule has 0 saturated carbocycles. The maximum Gasteiger partial charge on any atom is 0.220 e. The van der Waals surface area contributed by atoms with Crippen LogP contribution in [0.25, 0.3) is 0 Å². The number of aryl methyl sites for hydroxylation is 2. The lowest BCUT2D eigenvalue weighted by Crippen LogP contribution is -2.37. The largest absolute Gasteiger partial charge is 0.393 e. The number of aliphatic hydroxyl groups is 1. The highest BCUT2D eigenvalue weighted by Gasteiger charge is 2.16. The first-order chi connectivity index (χ1) is 12.0. The monoisotopic (exact) mass is 346 g/mol. The third-order valence-electron chi connectivity index (χ3n) is 4.80. The summed E-state index contributed by atoms with van der Waals surface area (Å²) >= 11 is 0. The van der Waals surface area contributed by atoms with Gasteiger partial charge in [0.05, 0.1) is 6.10 Å². The predicted molar refractivity (Wildman–Crippen MR) is 98.8 cm³/mol.